The van der Waals surface area contributed by atoms with Crippen LogP contribution in [0, 0.1) is 17.8 Å². The van der Waals surface area contributed by atoms with Crippen LogP contribution in [0.1, 0.15) is 45.4 Å². The SMILES string of the molecule is CCNC(C1CCCOC1)C1CCCCC1C(F)(F)F. The van der Waals surface area contributed by atoms with Crippen LogP contribution in [0.5, 0.6) is 0 Å². The zero-order valence-corrected chi connectivity index (χ0v) is 12.2. The standard InChI is InChI=1S/C15H26F3NO/c1-2-19-14(11-6-5-9-20-10-11)12-7-3-4-8-13(12)15(16,17)18/h11-14,19H,2-10H2,1H3. The van der Waals surface area contributed by atoms with E-state index in [4.69, 9.17) is 4.74 Å². The Morgan fingerprint density at radius 1 is 1.15 bits per heavy atom. The normalized spacial score (nSPS) is 33.9. The molecule has 0 bridgehead atoms. The zero-order chi connectivity index (χ0) is 14.6. The largest absolute Gasteiger partial charge is 0.392 e. The summed E-state index contributed by atoms with van der Waals surface area (Å²) in [7, 11) is 0. The van der Waals surface area contributed by atoms with Crippen LogP contribution in [0.3, 0.4) is 0 Å². The zero-order valence-electron chi connectivity index (χ0n) is 12.2. The molecule has 2 aliphatic rings. The van der Waals surface area contributed by atoms with E-state index in [0.29, 0.717) is 25.9 Å². The number of rotatable bonds is 4. The van der Waals surface area contributed by atoms with Crippen molar-refractivity contribution in [2.75, 3.05) is 19.8 Å². The van der Waals surface area contributed by atoms with E-state index in [2.05, 4.69) is 5.32 Å². The highest BCUT2D eigenvalue weighted by Gasteiger charge is 2.49. The molecule has 0 aromatic rings. The number of nitrogens with one attached hydrogen (secondary N) is 1. The molecule has 0 aromatic heterocycles. The van der Waals surface area contributed by atoms with Gasteiger partial charge in [-0.15, -0.1) is 0 Å². The average Bonchev–Trinajstić information content (AvgIpc) is 2.45. The molecule has 20 heavy (non-hydrogen) atoms. The van der Waals surface area contributed by atoms with Gasteiger partial charge in [-0.05, 0) is 44.1 Å². The van der Waals surface area contributed by atoms with E-state index < -0.39 is 12.1 Å². The van der Waals surface area contributed by atoms with Gasteiger partial charge in [0.25, 0.3) is 0 Å². The highest BCUT2D eigenvalue weighted by molar-refractivity contribution is 4.92. The van der Waals surface area contributed by atoms with Crippen molar-refractivity contribution < 1.29 is 17.9 Å². The number of hydrogen-bond donors (Lipinski definition) is 1. The Kier molecular flexibility index (Phi) is 5.73. The minimum atomic E-state index is -4.06. The van der Waals surface area contributed by atoms with Crippen molar-refractivity contribution in [1.82, 2.24) is 5.32 Å². The van der Waals surface area contributed by atoms with E-state index in [9.17, 15) is 13.2 Å². The van der Waals surface area contributed by atoms with Gasteiger partial charge in [-0.1, -0.05) is 19.8 Å². The number of alkyl halides is 3. The first-order chi connectivity index (χ1) is 9.54. The van der Waals surface area contributed by atoms with Gasteiger partial charge in [-0.25, -0.2) is 0 Å². The van der Waals surface area contributed by atoms with Gasteiger partial charge in [-0.3, -0.25) is 0 Å². The Balaban J connectivity index is 2.12. The van der Waals surface area contributed by atoms with Crippen LogP contribution in [-0.2, 0) is 4.74 Å². The van der Waals surface area contributed by atoms with E-state index in [1.807, 2.05) is 6.92 Å². The van der Waals surface area contributed by atoms with E-state index >= 15 is 0 Å². The highest BCUT2D eigenvalue weighted by Crippen LogP contribution is 2.44. The van der Waals surface area contributed by atoms with Crippen LogP contribution < -0.4 is 5.32 Å². The van der Waals surface area contributed by atoms with Crippen molar-refractivity contribution in [3.63, 3.8) is 0 Å². The van der Waals surface area contributed by atoms with E-state index in [1.54, 1.807) is 0 Å². The highest BCUT2D eigenvalue weighted by atomic mass is 19.4. The fourth-order valence-electron chi connectivity index (χ4n) is 3.95. The summed E-state index contributed by atoms with van der Waals surface area (Å²) in [5, 5.41) is 3.34. The second-order valence-corrected chi connectivity index (χ2v) is 6.16. The first kappa shape index (κ1) is 16.1. The Morgan fingerprint density at radius 3 is 2.50 bits per heavy atom. The van der Waals surface area contributed by atoms with Gasteiger partial charge in [0.2, 0.25) is 0 Å². The Hall–Kier alpha value is -0.290. The Bertz CT molecular complexity index is 289. The molecule has 0 amide bonds. The number of ether oxygens (including phenoxy) is 1. The molecular formula is C15H26F3NO. The number of halogens is 3. The van der Waals surface area contributed by atoms with Crippen LogP contribution in [0.25, 0.3) is 0 Å². The monoisotopic (exact) mass is 293 g/mol. The summed E-state index contributed by atoms with van der Waals surface area (Å²) in [5.41, 5.74) is 0. The third kappa shape index (κ3) is 3.88. The second kappa shape index (κ2) is 7.12. The van der Waals surface area contributed by atoms with Crippen LogP contribution in [-0.4, -0.2) is 32.0 Å². The lowest BCUT2D eigenvalue weighted by Gasteiger charge is -2.42. The topological polar surface area (TPSA) is 21.3 Å². The first-order valence-corrected chi connectivity index (χ1v) is 7.92. The molecule has 0 radical (unpaired) electrons. The number of hydrogen-bond acceptors (Lipinski definition) is 2. The quantitative estimate of drug-likeness (QED) is 0.852. The smallest absolute Gasteiger partial charge is 0.381 e. The fourth-order valence-corrected chi connectivity index (χ4v) is 3.95. The molecule has 2 fully saturated rings. The molecular weight excluding hydrogens is 267 g/mol. The summed E-state index contributed by atoms with van der Waals surface area (Å²) in [6.07, 6.45) is 0.512. The molecule has 1 saturated heterocycles. The van der Waals surface area contributed by atoms with Gasteiger partial charge in [0.05, 0.1) is 12.5 Å². The van der Waals surface area contributed by atoms with Gasteiger partial charge in [0.1, 0.15) is 0 Å². The maximum Gasteiger partial charge on any atom is 0.392 e. The lowest BCUT2D eigenvalue weighted by molar-refractivity contribution is -0.202. The molecule has 1 aliphatic carbocycles. The molecule has 1 saturated carbocycles. The summed E-state index contributed by atoms with van der Waals surface area (Å²) in [6.45, 7) is 4.06. The van der Waals surface area contributed by atoms with E-state index in [0.717, 1.165) is 32.4 Å². The Labute approximate surface area is 119 Å². The van der Waals surface area contributed by atoms with Crippen molar-refractivity contribution in [2.24, 2.45) is 17.8 Å². The van der Waals surface area contributed by atoms with Crippen LogP contribution >= 0.6 is 0 Å². The van der Waals surface area contributed by atoms with Crippen molar-refractivity contribution in [3.05, 3.63) is 0 Å². The van der Waals surface area contributed by atoms with Crippen molar-refractivity contribution in [2.45, 2.75) is 57.7 Å². The molecule has 118 valence electrons. The predicted molar refractivity (Wildman–Crippen MR) is 72.5 cm³/mol. The molecule has 5 heteroatoms. The molecule has 4 atom stereocenters. The molecule has 1 N–H and O–H groups in total. The van der Waals surface area contributed by atoms with Crippen molar-refractivity contribution >= 4 is 0 Å². The van der Waals surface area contributed by atoms with Gasteiger partial charge in [-0.2, -0.15) is 13.2 Å². The maximum atomic E-state index is 13.3. The molecule has 0 aromatic carbocycles. The lowest BCUT2D eigenvalue weighted by atomic mass is 9.70. The van der Waals surface area contributed by atoms with Crippen molar-refractivity contribution in [1.29, 1.82) is 0 Å². The van der Waals surface area contributed by atoms with Gasteiger partial charge in [0.15, 0.2) is 0 Å². The Morgan fingerprint density at radius 2 is 1.90 bits per heavy atom. The van der Waals surface area contributed by atoms with Gasteiger partial charge >= 0.3 is 6.18 Å². The maximum absolute atomic E-state index is 13.3. The third-order valence-corrected chi connectivity index (χ3v) is 4.84. The first-order valence-electron chi connectivity index (χ1n) is 7.92. The summed E-state index contributed by atoms with van der Waals surface area (Å²) < 4.78 is 45.4. The van der Waals surface area contributed by atoms with Gasteiger partial charge in [0, 0.05) is 12.6 Å². The molecule has 0 spiro atoms. The van der Waals surface area contributed by atoms with Crippen LogP contribution in [0.15, 0.2) is 0 Å². The third-order valence-electron chi connectivity index (χ3n) is 4.84. The van der Waals surface area contributed by atoms with Crippen LogP contribution in [0.4, 0.5) is 13.2 Å². The minimum Gasteiger partial charge on any atom is -0.381 e. The summed E-state index contributed by atoms with van der Waals surface area (Å²) in [5.74, 6) is -1.19. The summed E-state index contributed by atoms with van der Waals surface area (Å²) >= 11 is 0. The summed E-state index contributed by atoms with van der Waals surface area (Å²) in [4.78, 5) is 0. The molecule has 4 unspecified atom stereocenters. The van der Waals surface area contributed by atoms with Gasteiger partial charge < -0.3 is 10.1 Å². The average molecular weight is 293 g/mol. The minimum absolute atomic E-state index is 0.0489. The van der Waals surface area contributed by atoms with E-state index in [-0.39, 0.29) is 17.9 Å². The summed E-state index contributed by atoms with van der Waals surface area (Å²) in [6, 6.07) is -0.0489. The van der Waals surface area contributed by atoms with Crippen molar-refractivity contribution in [3.8, 4) is 0 Å². The molecule has 2 rings (SSSR count). The lowest BCUT2D eigenvalue weighted by Crippen LogP contribution is -2.51. The second-order valence-electron chi connectivity index (χ2n) is 6.16. The molecule has 1 heterocycles. The van der Waals surface area contributed by atoms with E-state index in [1.165, 1.54) is 0 Å². The van der Waals surface area contributed by atoms with Crippen LogP contribution in [0.2, 0.25) is 0 Å². The molecule has 1 aliphatic heterocycles. The predicted octanol–water partition coefficient (Wildman–Crippen LogP) is 3.76. The fraction of sp³-hybridized carbons (Fsp3) is 1.00. The molecule has 2 nitrogen and oxygen atoms in total.